The fourth-order valence-corrected chi connectivity index (χ4v) is 1.46. The highest BCUT2D eigenvalue weighted by Crippen LogP contribution is 2.01. The molecule has 0 atom stereocenters. The van der Waals surface area contributed by atoms with Crippen LogP contribution in [-0.4, -0.2) is 25.7 Å². The maximum absolute atomic E-state index is 11.0. The van der Waals surface area contributed by atoms with E-state index in [1.54, 1.807) is 0 Å². The van der Waals surface area contributed by atoms with Crippen LogP contribution in [0, 0.1) is 0 Å². The Morgan fingerprint density at radius 1 is 1.31 bits per heavy atom. The standard InChI is InChI=1S/C13H19NO2/c1-2-16-13(15)11-14-10-6-9-12-7-4-3-5-8-12/h3-5,7-8,14H,2,6,9-11H2,1H3. The highest BCUT2D eigenvalue weighted by atomic mass is 16.5. The monoisotopic (exact) mass is 221 g/mol. The van der Waals surface area contributed by atoms with Crippen LogP contribution < -0.4 is 5.32 Å². The number of hydrogen-bond acceptors (Lipinski definition) is 3. The molecule has 0 radical (unpaired) electrons. The van der Waals surface area contributed by atoms with Crippen molar-refractivity contribution in [3.05, 3.63) is 35.9 Å². The maximum atomic E-state index is 11.0. The first kappa shape index (κ1) is 12.7. The Balaban J connectivity index is 2.02. The number of nitrogens with one attached hydrogen (secondary N) is 1. The molecule has 0 amide bonds. The van der Waals surface area contributed by atoms with E-state index in [1.807, 2.05) is 25.1 Å². The third kappa shape index (κ3) is 5.51. The van der Waals surface area contributed by atoms with Crippen molar-refractivity contribution >= 4 is 5.97 Å². The van der Waals surface area contributed by atoms with Gasteiger partial charge in [0.2, 0.25) is 0 Å². The summed E-state index contributed by atoms with van der Waals surface area (Å²) < 4.78 is 4.81. The SMILES string of the molecule is CCOC(=O)CNCCCc1ccccc1. The van der Waals surface area contributed by atoms with E-state index in [4.69, 9.17) is 4.74 Å². The minimum Gasteiger partial charge on any atom is -0.465 e. The van der Waals surface area contributed by atoms with E-state index >= 15 is 0 Å². The third-order valence-corrected chi connectivity index (χ3v) is 2.24. The van der Waals surface area contributed by atoms with Crippen LogP contribution in [0.25, 0.3) is 0 Å². The van der Waals surface area contributed by atoms with Crippen molar-refractivity contribution in [2.45, 2.75) is 19.8 Å². The summed E-state index contributed by atoms with van der Waals surface area (Å²) in [7, 11) is 0. The highest BCUT2D eigenvalue weighted by molar-refractivity contribution is 5.71. The molecule has 1 aromatic carbocycles. The molecule has 0 spiro atoms. The number of benzene rings is 1. The predicted octanol–water partition coefficient (Wildman–Crippen LogP) is 1.77. The average Bonchev–Trinajstić information content (AvgIpc) is 2.30. The minimum atomic E-state index is -0.179. The lowest BCUT2D eigenvalue weighted by atomic mass is 10.1. The summed E-state index contributed by atoms with van der Waals surface area (Å²) in [5.41, 5.74) is 1.33. The molecule has 1 N–H and O–H groups in total. The van der Waals surface area contributed by atoms with Crippen molar-refractivity contribution in [1.82, 2.24) is 5.32 Å². The van der Waals surface area contributed by atoms with Crippen LogP contribution in [0.15, 0.2) is 30.3 Å². The first-order valence-corrected chi connectivity index (χ1v) is 5.73. The van der Waals surface area contributed by atoms with Crippen LogP contribution in [0.5, 0.6) is 0 Å². The molecule has 0 bridgehead atoms. The highest BCUT2D eigenvalue weighted by Gasteiger charge is 1.99. The third-order valence-electron chi connectivity index (χ3n) is 2.24. The van der Waals surface area contributed by atoms with E-state index in [1.165, 1.54) is 5.56 Å². The molecular weight excluding hydrogens is 202 g/mol. The number of ether oxygens (including phenoxy) is 1. The van der Waals surface area contributed by atoms with E-state index in [0.717, 1.165) is 19.4 Å². The molecule has 3 nitrogen and oxygen atoms in total. The summed E-state index contributed by atoms with van der Waals surface area (Å²) in [6, 6.07) is 10.3. The molecule has 0 heterocycles. The van der Waals surface area contributed by atoms with Crippen LogP contribution in [0.4, 0.5) is 0 Å². The van der Waals surface area contributed by atoms with Crippen molar-refractivity contribution < 1.29 is 9.53 Å². The zero-order valence-corrected chi connectivity index (χ0v) is 9.74. The molecule has 0 unspecified atom stereocenters. The van der Waals surface area contributed by atoms with Crippen molar-refractivity contribution in [3.8, 4) is 0 Å². The van der Waals surface area contributed by atoms with Gasteiger partial charge in [-0.3, -0.25) is 4.79 Å². The van der Waals surface area contributed by atoms with Gasteiger partial charge in [-0.05, 0) is 31.9 Å². The lowest BCUT2D eigenvalue weighted by Crippen LogP contribution is -2.25. The predicted molar refractivity (Wildman–Crippen MR) is 64.3 cm³/mol. The zero-order chi connectivity index (χ0) is 11.6. The fourth-order valence-electron chi connectivity index (χ4n) is 1.46. The summed E-state index contributed by atoms with van der Waals surface area (Å²) in [5.74, 6) is -0.179. The van der Waals surface area contributed by atoms with Gasteiger partial charge in [0.05, 0.1) is 13.2 Å². The quantitative estimate of drug-likeness (QED) is 0.563. The topological polar surface area (TPSA) is 38.3 Å². The summed E-state index contributed by atoms with van der Waals surface area (Å²) >= 11 is 0. The van der Waals surface area contributed by atoms with Crippen molar-refractivity contribution in [1.29, 1.82) is 0 Å². The number of aryl methyl sites for hydroxylation is 1. The first-order chi connectivity index (χ1) is 7.83. The Hall–Kier alpha value is -1.35. The molecule has 1 rings (SSSR count). The van der Waals surface area contributed by atoms with E-state index in [2.05, 4.69) is 17.4 Å². The smallest absolute Gasteiger partial charge is 0.319 e. The zero-order valence-electron chi connectivity index (χ0n) is 9.74. The second-order valence-electron chi connectivity index (χ2n) is 3.57. The second-order valence-corrected chi connectivity index (χ2v) is 3.57. The molecule has 0 saturated carbocycles. The van der Waals surface area contributed by atoms with Crippen LogP contribution in [0.2, 0.25) is 0 Å². The number of carbonyl (C=O) groups is 1. The Morgan fingerprint density at radius 3 is 2.75 bits per heavy atom. The number of esters is 1. The number of rotatable bonds is 7. The molecule has 1 aromatic rings. The molecule has 0 aliphatic carbocycles. The van der Waals surface area contributed by atoms with E-state index < -0.39 is 0 Å². The molecule has 0 aliphatic heterocycles. The summed E-state index contributed by atoms with van der Waals surface area (Å²) in [6.07, 6.45) is 2.07. The average molecular weight is 221 g/mol. The van der Waals surface area contributed by atoms with Crippen molar-refractivity contribution in [2.24, 2.45) is 0 Å². The molecule has 88 valence electrons. The Labute approximate surface area is 96.8 Å². The van der Waals surface area contributed by atoms with Crippen molar-refractivity contribution in [2.75, 3.05) is 19.7 Å². The van der Waals surface area contributed by atoms with Gasteiger partial charge in [0, 0.05) is 0 Å². The van der Waals surface area contributed by atoms with Gasteiger partial charge in [0.1, 0.15) is 0 Å². The molecule has 16 heavy (non-hydrogen) atoms. The maximum Gasteiger partial charge on any atom is 0.319 e. The van der Waals surface area contributed by atoms with E-state index in [9.17, 15) is 4.79 Å². The summed E-state index contributed by atoms with van der Waals surface area (Å²) in [5, 5.41) is 3.07. The molecule has 3 heteroatoms. The number of hydrogen-bond donors (Lipinski definition) is 1. The van der Waals surface area contributed by atoms with Gasteiger partial charge in [0.25, 0.3) is 0 Å². The van der Waals surface area contributed by atoms with Gasteiger partial charge in [0.15, 0.2) is 0 Å². The van der Waals surface area contributed by atoms with Gasteiger partial charge in [-0.15, -0.1) is 0 Å². The fraction of sp³-hybridized carbons (Fsp3) is 0.462. The lowest BCUT2D eigenvalue weighted by Gasteiger charge is -2.04. The Kier molecular flexibility index (Phi) is 6.26. The van der Waals surface area contributed by atoms with Gasteiger partial charge < -0.3 is 10.1 Å². The van der Waals surface area contributed by atoms with Gasteiger partial charge in [-0.1, -0.05) is 30.3 Å². The second kappa shape index (κ2) is 7.88. The van der Waals surface area contributed by atoms with Crippen LogP contribution in [0.1, 0.15) is 18.9 Å². The Bertz CT molecular complexity index is 298. The van der Waals surface area contributed by atoms with Crippen LogP contribution in [-0.2, 0) is 16.0 Å². The molecule has 0 saturated heterocycles. The largest absolute Gasteiger partial charge is 0.465 e. The molecule has 0 aromatic heterocycles. The summed E-state index contributed by atoms with van der Waals surface area (Å²) in [4.78, 5) is 11.0. The van der Waals surface area contributed by atoms with Gasteiger partial charge in [-0.2, -0.15) is 0 Å². The minimum absolute atomic E-state index is 0.179. The number of carbonyl (C=O) groups excluding carboxylic acids is 1. The van der Waals surface area contributed by atoms with Crippen LogP contribution in [0.3, 0.4) is 0 Å². The van der Waals surface area contributed by atoms with Crippen molar-refractivity contribution in [3.63, 3.8) is 0 Å². The molecule has 0 fully saturated rings. The first-order valence-electron chi connectivity index (χ1n) is 5.73. The van der Waals surface area contributed by atoms with E-state index in [-0.39, 0.29) is 5.97 Å². The van der Waals surface area contributed by atoms with Gasteiger partial charge in [-0.25, -0.2) is 0 Å². The normalized spacial score (nSPS) is 10.1. The molecular formula is C13H19NO2. The Morgan fingerprint density at radius 2 is 2.06 bits per heavy atom. The molecule has 0 aliphatic rings. The van der Waals surface area contributed by atoms with E-state index in [0.29, 0.717) is 13.2 Å². The van der Waals surface area contributed by atoms with Gasteiger partial charge >= 0.3 is 5.97 Å². The van der Waals surface area contributed by atoms with Crippen LogP contribution >= 0.6 is 0 Å². The lowest BCUT2D eigenvalue weighted by molar-refractivity contribution is -0.141. The summed E-state index contributed by atoms with van der Waals surface area (Å²) in [6.45, 7) is 3.41.